The molecule has 0 amide bonds. The van der Waals surface area contributed by atoms with Crippen LogP contribution in [-0.4, -0.2) is 62.5 Å². The van der Waals surface area contributed by atoms with Crippen molar-refractivity contribution in [3.05, 3.63) is 57.4 Å². The van der Waals surface area contributed by atoms with Gasteiger partial charge in [-0.05, 0) is 43.5 Å². The topological polar surface area (TPSA) is 159 Å². The first kappa shape index (κ1) is 26.6. The summed E-state index contributed by atoms with van der Waals surface area (Å²) in [7, 11) is -4.64. The molecule has 0 radical (unpaired) electrons. The number of benzene rings is 1. The standard InChI is InChI=1S/C23H26ClFN3O9P/c1-14(2)35-20(31)15(3)13-38(33,37-16-7-5-4-6-8-16)34-12-17-19(30)23(25,9-10-24)21(36-17)28-22(32)27-18(29)11-26-28/h4-8,11,14-15,17,19,21,30H,12-13H2,1-3H3,(H,27,29,32)/t15-,17-,19+,21-,23?,38+/m1/s1/i12D2. The van der Waals surface area contributed by atoms with Crippen molar-refractivity contribution in [1.82, 2.24) is 14.8 Å². The maximum atomic E-state index is 16.0. The molecule has 1 aromatic carbocycles. The number of carbonyl (C=O) groups excluding carboxylic acids is 1. The number of alkyl halides is 1. The van der Waals surface area contributed by atoms with Crippen molar-refractivity contribution < 1.29 is 40.1 Å². The van der Waals surface area contributed by atoms with Crippen LogP contribution in [0.5, 0.6) is 5.75 Å². The van der Waals surface area contributed by atoms with Gasteiger partial charge in [0.05, 0.1) is 27.5 Å². The van der Waals surface area contributed by atoms with E-state index in [1.807, 2.05) is 10.9 Å². The molecule has 12 nitrogen and oxygen atoms in total. The summed E-state index contributed by atoms with van der Waals surface area (Å²) >= 11 is 5.37. The molecule has 1 aliphatic heterocycles. The van der Waals surface area contributed by atoms with Crippen LogP contribution in [-0.2, 0) is 23.4 Å². The molecule has 1 fully saturated rings. The van der Waals surface area contributed by atoms with Crippen LogP contribution in [0.4, 0.5) is 4.39 Å². The van der Waals surface area contributed by atoms with E-state index < -0.39 is 73.7 Å². The Hall–Kier alpha value is -3.01. The lowest BCUT2D eigenvalue weighted by Gasteiger charge is -2.24. The molecule has 38 heavy (non-hydrogen) atoms. The number of aliphatic hydroxyl groups is 1. The summed E-state index contributed by atoms with van der Waals surface area (Å²) in [5.41, 5.74) is -5.44. The maximum absolute atomic E-state index is 16.0. The van der Waals surface area contributed by atoms with Crippen molar-refractivity contribution >= 4 is 25.2 Å². The van der Waals surface area contributed by atoms with Gasteiger partial charge in [-0.1, -0.05) is 25.1 Å². The number of H-pyrrole nitrogens is 1. The highest BCUT2D eigenvalue weighted by molar-refractivity contribution is 7.54. The van der Waals surface area contributed by atoms with Crippen LogP contribution in [0.2, 0.25) is 0 Å². The minimum absolute atomic E-state index is 0.00587. The van der Waals surface area contributed by atoms with E-state index in [4.69, 9.17) is 32.9 Å². The van der Waals surface area contributed by atoms with Gasteiger partial charge in [0.2, 0.25) is 11.9 Å². The van der Waals surface area contributed by atoms with Gasteiger partial charge in [-0.2, -0.15) is 9.78 Å². The summed E-state index contributed by atoms with van der Waals surface area (Å²) in [6.45, 7) is 1.27. The zero-order chi connectivity index (χ0) is 29.9. The van der Waals surface area contributed by atoms with E-state index in [-0.39, 0.29) is 10.4 Å². The number of aromatic nitrogens is 3. The summed E-state index contributed by atoms with van der Waals surface area (Å²) in [5, 5.41) is 16.0. The Morgan fingerprint density at radius 2 is 2.08 bits per heavy atom. The molecule has 2 heterocycles. The van der Waals surface area contributed by atoms with E-state index in [9.17, 15) is 24.1 Å². The van der Waals surface area contributed by atoms with Gasteiger partial charge in [-0.3, -0.25) is 19.1 Å². The summed E-state index contributed by atoms with van der Waals surface area (Å²) in [5.74, 6) is -0.0532. The molecular formula is C23H26ClFN3O9P. The predicted molar refractivity (Wildman–Crippen MR) is 132 cm³/mol. The molecule has 1 aromatic heterocycles. The lowest BCUT2D eigenvalue weighted by molar-refractivity contribution is -0.151. The number of hydrogen-bond acceptors (Lipinski definition) is 10. The van der Waals surface area contributed by atoms with E-state index in [0.29, 0.717) is 6.20 Å². The van der Waals surface area contributed by atoms with E-state index >= 15 is 4.39 Å². The number of ether oxygens (including phenoxy) is 2. The molecule has 0 aliphatic carbocycles. The zero-order valence-electron chi connectivity index (χ0n) is 22.4. The second-order valence-electron chi connectivity index (χ2n) is 8.52. The number of nitrogens with zero attached hydrogens (tertiary/aromatic N) is 2. The smallest absolute Gasteiger partial charge is 0.380 e. The monoisotopic (exact) mass is 575 g/mol. The summed E-state index contributed by atoms with van der Waals surface area (Å²) in [4.78, 5) is 37.9. The molecule has 1 aliphatic rings. The highest BCUT2D eigenvalue weighted by Gasteiger charge is 2.59. The first-order chi connectivity index (χ1) is 18.6. The molecule has 206 valence electrons. The van der Waals surface area contributed by atoms with Crippen molar-refractivity contribution in [1.29, 1.82) is 0 Å². The number of esters is 1. The molecule has 6 atom stereocenters. The number of rotatable bonds is 10. The van der Waals surface area contributed by atoms with E-state index in [2.05, 4.69) is 5.10 Å². The van der Waals surface area contributed by atoms with Gasteiger partial charge in [0.15, 0.2) is 0 Å². The third-order valence-corrected chi connectivity index (χ3v) is 7.06. The molecule has 0 spiro atoms. The van der Waals surface area contributed by atoms with E-state index in [1.54, 1.807) is 25.3 Å². The molecule has 2 aromatic rings. The first-order valence-electron chi connectivity index (χ1n) is 12.2. The van der Waals surface area contributed by atoms with Gasteiger partial charge >= 0.3 is 19.3 Å². The first-order valence-corrected chi connectivity index (χ1v) is 13.3. The summed E-state index contributed by atoms with van der Waals surface area (Å²) in [6, 6.07) is 7.51. The molecular weight excluding hydrogens is 548 g/mol. The number of hydrogen-bond donors (Lipinski definition) is 2. The Kier molecular flexibility index (Phi) is 8.56. The Morgan fingerprint density at radius 3 is 2.68 bits per heavy atom. The minimum atomic E-state index is -4.64. The lowest BCUT2D eigenvalue weighted by atomic mass is 9.97. The Bertz CT molecular complexity index is 1450. The van der Waals surface area contributed by atoms with Crippen molar-refractivity contribution in [3.8, 4) is 17.0 Å². The average molecular weight is 576 g/mol. The fourth-order valence-electron chi connectivity index (χ4n) is 3.37. The third-order valence-electron chi connectivity index (χ3n) is 5.10. The van der Waals surface area contributed by atoms with Crippen LogP contribution < -0.4 is 15.8 Å². The molecule has 15 heteroatoms. The van der Waals surface area contributed by atoms with Crippen LogP contribution in [0, 0.1) is 17.2 Å². The lowest BCUT2D eigenvalue weighted by Crippen LogP contribution is -2.46. The Labute approximate surface area is 224 Å². The Balaban J connectivity index is 1.99. The van der Waals surface area contributed by atoms with Crippen molar-refractivity contribution in [2.45, 2.75) is 51.0 Å². The molecule has 3 rings (SSSR count). The van der Waals surface area contributed by atoms with Gasteiger partial charge in [0, 0.05) is 5.38 Å². The summed E-state index contributed by atoms with van der Waals surface area (Å²) in [6.07, 6.45) is -7.58. The van der Waals surface area contributed by atoms with Crippen LogP contribution in [0.15, 0.2) is 46.1 Å². The Morgan fingerprint density at radius 1 is 1.39 bits per heavy atom. The molecule has 0 saturated carbocycles. The van der Waals surface area contributed by atoms with Crippen molar-refractivity contribution in [2.24, 2.45) is 5.92 Å². The molecule has 1 unspecified atom stereocenters. The van der Waals surface area contributed by atoms with Crippen molar-refractivity contribution in [3.63, 3.8) is 0 Å². The second kappa shape index (κ2) is 12.2. The highest BCUT2D eigenvalue weighted by atomic mass is 35.5. The number of carbonyl (C=O) groups is 1. The number of para-hydroxylation sites is 1. The zero-order valence-corrected chi connectivity index (χ0v) is 22.0. The van der Waals surface area contributed by atoms with Crippen LogP contribution in [0.3, 0.4) is 0 Å². The molecule has 1 saturated heterocycles. The fraction of sp³-hybridized carbons (Fsp3) is 0.478. The molecule has 2 N–H and O–H groups in total. The largest absolute Gasteiger partial charge is 0.463 e. The minimum Gasteiger partial charge on any atom is -0.463 e. The summed E-state index contributed by atoms with van der Waals surface area (Å²) < 4.78 is 68.4. The second-order valence-corrected chi connectivity index (χ2v) is 10.7. The van der Waals surface area contributed by atoms with Gasteiger partial charge in [-0.25, -0.2) is 13.8 Å². The number of aromatic amines is 1. The van der Waals surface area contributed by atoms with E-state index in [0.717, 1.165) is 0 Å². The van der Waals surface area contributed by atoms with Crippen LogP contribution in [0.25, 0.3) is 0 Å². The number of aliphatic hydroxyl groups excluding tert-OH is 1. The number of halogens is 2. The predicted octanol–water partition coefficient (Wildman–Crippen LogP) is 1.97. The van der Waals surface area contributed by atoms with E-state index in [1.165, 1.54) is 31.2 Å². The van der Waals surface area contributed by atoms with Gasteiger partial charge in [0.1, 0.15) is 24.2 Å². The maximum Gasteiger partial charge on any atom is 0.380 e. The van der Waals surface area contributed by atoms with Crippen LogP contribution >= 0.6 is 19.2 Å². The van der Waals surface area contributed by atoms with Gasteiger partial charge in [-0.15, -0.1) is 0 Å². The van der Waals surface area contributed by atoms with Crippen LogP contribution in [0.1, 0.15) is 29.7 Å². The third kappa shape index (κ3) is 6.89. The average Bonchev–Trinajstić information content (AvgIpc) is 3.10. The number of nitrogens with one attached hydrogen (secondary N) is 1. The molecule has 0 bridgehead atoms. The quantitative estimate of drug-likeness (QED) is 0.244. The SMILES string of the molecule is [2H]C([2H])(O[P@@](=O)(C[C@@H](C)C(=O)OC(C)C)Oc1ccccc1)[C@H]1O[C@@H](n2ncc(=O)[nH]c2=O)C(F)(C#CCl)[C@H]1O. The van der Waals surface area contributed by atoms with Crippen molar-refractivity contribution in [2.75, 3.05) is 12.7 Å². The van der Waals surface area contributed by atoms with Gasteiger partial charge in [0.25, 0.3) is 5.56 Å². The highest BCUT2D eigenvalue weighted by Crippen LogP contribution is 2.51. The normalized spacial score (nSPS) is 26.3. The fourth-order valence-corrected chi connectivity index (χ4v) is 5.23. The van der Waals surface area contributed by atoms with Gasteiger partial charge < -0.3 is 19.1 Å².